The number of hydrogen-bond donors (Lipinski definition) is 1. The number of hydrogen-bond acceptors (Lipinski definition) is 4. The maximum absolute atomic E-state index is 5.71. The van der Waals surface area contributed by atoms with Gasteiger partial charge in [-0.25, -0.2) is 0 Å². The van der Waals surface area contributed by atoms with Gasteiger partial charge in [0.1, 0.15) is 5.75 Å². The van der Waals surface area contributed by atoms with E-state index in [9.17, 15) is 0 Å². The zero-order chi connectivity index (χ0) is 13.0. The Morgan fingerprint density at radius 2 is 1.76 bits per heavy atom. The summed E-state index contributed by atoms with van der Waals surface area (Å²) in [6, 6.07) is 1.81. The topological polar surface area (TPSA) is 53.7 Å². The molecule has 0 spiro atoms. The highest BCUT2D eigenvalue weighted by Crippen LogP contribution is 2.45. The summed E-state index contributed by atoms with van der Waals surface area (Å²) < 4.78 is 16.8. The number of methoxy groups -OCH3 is 3. The van der Waals surface area contributed by atoms with Crippen LogP contribution in [0.2, 0.25) is 0 Å². The van der Waals surface area contributed by atoms with E-state index in [-0.39, 0.29) is 5.92 Å². The molecule has 1 rings (SSSR count). The van der Waals surface area contributed by atoms with Gasteiger partial charge in [0.05, 0.1) is 25.8 Å². The lowest BCUT2D eigenvalue weighted by atomic mass is 9.99. The first kappa shape index (κ1) is 14.1. The van der Waals surface area contributed by atoms with Crippen LogP contribution in [0.4, 0.5) is 0 Å². The summed E-state index contributed by atoms with van der Waals surface area (Å²) in [5.41, 5.74) is 6.70. The van der Waals surface area contributed by atoms with E-state index in [1.165, 1.54) is 0 Å². The highest BCUT2D eigenvalue weighted by molar-refractivity contribution is 9.10. The van der Waals surface area contributed by atoms with Crippen molar-refractivity contribution in [2.75, 3.05) is 27.9 Å². The molecule has 4 nitrogen and oxygen atoms in total. The van der Waals surface area contributed by atoms with Crippen molar-refractivity contribution in [3.63, 3.8) is 0 Å². The van der Waals surface area contributed by atoms with Gasteiger partial charge >= 0.3 is 0 Å². The second kappa shape index (κ2) is 6.12. The zero-order valence-electron chi connectivity index (χ0n) is 10.5. The lowest BCUT2D eigenvalue weighted by molar-refractivity contribution is 0.344. The van der Waals surface area contributed by atoms with Crippen LogP contribution < -0.4 is 19.9 Å². The highest BCUT2D eigenvalue weighted by Gasteiger charge is 2.21. The van der Waals surface area contributed by atoms with E-state index in [1.54, 1.807) is 21.3 Å². The van der Waals surface area contributed by atoms with Gasteiger partial charge in [-0.1, -0.05) is 6.92 Å². The molecule has 0 aromatic heterocycles. The highest BCUT2D eigenvalue weighted by atomic mass is 79.9. The third kappa shape index (κ3) is 2.66. The van der Waals surface area contributed by atoms with E-state index in [1.807, 2.05) is 13.0 Å². The Bertz CT molecular complexity index is 396. The molecule has 0 bridgehead atoms. The number of rotatable bonds is 5. The Hall–Kier alpha value is -0.940. The number of benzene rings is 1. The van der Waals surface area contributed by atoms with Crippen molar-refractivity contribution in [2.45, 2.75) is 12.8 Å². The van der Waals surface area contributed by atoms with Gasteiger partial charge in [-0.3, -0.25) is 0 Å². The van der Waals surface area contributed by atoms with E-state index >= 15 is 0 Å². The van der Waals surface area contributed by atoms with Crippen LogP contribution >= 0.6 is 15.9 Å². The molecule has 0 aliphatic carbocycles. The van der Waals surface area contributed by atoms with Gasteiger partial charge in [0.25, 0.3) is 0 Å². The molecule has 17 heavy (non-hydrogen) atoms. The third-order valence-electron chi connectivity index (χ3n) is 2.68. The van der Waals surface area contributed by atoms with E-state index < -0.39 is 0 Å². The standard InChI is InChI=1S/C12H18BrNO3/c1-7(6-14)10-8(15-2)5-9(16-3)12(17-4)11(10)13/h5,7H,6,14H2,1-4H3. The predicted molar refractivity (Wildman–Crippen MR) is 71.3 cm³/mol. The maximum atomic E-state index is 5.71. The maximum Gasteiger partial charge on any atom is 0.175 e. The Morgan fingerprint density at radius 1 is 1.18 bits per heavy atom. The quantitative estimate of drug-likeness (QED) is 0.908. The lowest BCUT2D eigenvalue weighted by Gasteiger charge is -2.20. The fourth-order valence-corrected chi connectivity index (χ4v) is 2.63. The van der Waals surface area contributed by atoms with E-state index in [2.05, 4.69) is 15.9 Å². The van der Waals surface area contributed by atoms with E-state index in [4.69, 9.17) is 19.9 Å². The molecule has 1 unspecified atom stereocenters. The molecule has 0 amide bonds. The number of nitrogens with two attached hydrogens (primary N) is 1. The van der Waals surface area contributed by atoms with Gasteiger partial charge in [-0.05, 0) is 28.4 Å². The minimum atomic E-state index is 0.166. The normalized spacial score (nSPS) is 12.1. The van der Waals surface area contributed by atoms with Crippen LogP contribution in [-0.2, 0) is 0 Å². The summed E-state index contributed by atoms with van der Waals surface area (Å²) in [5, 5.41) is 0. The van der Waals surface area contributed by atoms with Crippen LogP contribution in [0.15, 0.2) is 10.5 Å². The molecule has 0 radical (unpaired) electrons. The molecule has 0 saturated carbocycles. The Morgan fingerprint density at radius 3 is 2.18 bits per heavy atom. The van der Waals surface area contributed by atoms with Crippen molar-refractivity contribution in [1.82, 2.24) is 0 Å². The van der Waals surface area contributed by atoms with Crippen LogP contribution in [0.1, 0.15) is 18.4 Å². The van der Waals surface area contributed by atoms with E-state index in [0.717, 1.165) is 15.8 Å². The summed E-state index contributed by atoms with van der Waals surface area (Å²) in [6.45, 7) is 2.57. The number of ether oxygens (including phenoxy) is 3. The fourth-order valence-electron chi connectivity index (χ4n) is 1.69. The smallest absolute Gasteiger partial charge is 0.175 e. The fraction of sp³-hybridized carbons (Fsp3) is 0.500. The summed E-state index contributed by atoms with van der Waals surface area (Å²) in [4.78, 5) is 0. The Balaban J connectivity index is 3.46. The largest absolute Gasteiger partial charge is 0.496 e. The third-order valence-corrected chi connectivity index (χ3v) is 3.46. The van der Waals surface area contributed by atoms with Crippen LogP contribution in [-0.4, -0.2) is 27.9 Å². The molecule has 1 aromatic rings. The molecule has 0 heterocycles. The molecule has 1 atom stereocenters. The van der Waals surface area contributed by atoms with Gasteiger partial charge in [-0.15, -0.1) is 0 Å². The monoisotopic (exact) mass is 303 g/mol. The molecule has 96 valence electrons. The average molecular weight is 304 g/mol. The SMILES string of the molecule is COc1cc(OC)c(C(C)CN)c(Br)c1OC. The second-order valence-electron chi connectivity index (χ2n) is 3.68. The predicted octanol–water partition coefficient (Wildman–Crippen LogP) is 2.54. The van der Waals surface area contributed by atoms with E-state index in [0.29, 0.717) is 18.0 Å². The summed E-state index contributed by atoms with van der Waals surface area (Å²) >= 11 is 3.53. The summed E-state index contributed by atoms with van der Waals surface area (Å²) in [5.74, 6) is 2.19. The van der Waals surface area contributed by atoms with Crippen molar-refractivity contribution in [1.29, 1.82) is 0 Å². The first-order valence-corrected chi connectivity index (χ1v) is 6.08. The van der Waals surface area contributed by atoms with Gasteiger partial charge in [-0.2, -0.15) is 0 Å². The minimum Gasteiger partial charge on any atom is -0.496 e. The van der Waals surface area contributed by atoms with Crippen molar-refractivity contribution < 1.29 is 14.2 Å². The van der Waals surface area contributed by atoms with Crippen molar-refractivity contribution in [3.8, 4) is 17.2 Å². The van der Waals surface area contributed by atoms with Gasteiger partial charge in [0, 0.05) is 11.6 Å². The van der Waals surface area contributed by atoms with Gasteiger partial charge < -0.3 is 19.9 Å². The summed E-state index contributed by atoms with van der Waals surface area (Å²) in [7, 11) is 4.82. The molecule has 0 fully saturated rings. The van der Waals surface area contributed by atoms with Gasteiger partial charge in [0.2, 0.25) is 0 Å². The molecule has 0 saturated heterocycles. The Kier molecular flexibility index (Phi) is 5.08. The molecular weight excluding hydrogens is 286 g/mol. The molecule has 2 N–H and O–H groups in total. The van der Waals surface area contributed by atoms with Crippen molar-refractivity contribution in [2.24, 2.45) is 5.73 Å². The molecular formula is C12H18BrNO3. The Labute approximate surface area is 110 Å². The zero-order valence-corrected chi connectivity index (χ0v) is 12.1. The average Bonchev–Trinajstić information content (AvgIpc) is 2.36. The van der Waals surface area contributed by atoms with Crippen LogP contribution in [0, 0.1) is 0 Å². The summed E-state index contributed by atoms with van der Waals surface area (Å²) in [6.07, 6.45) is 0. The van der Waals surface area contributed by atoms with Crippen molar-refractivity contribution in [3.05, 3.63) is 16.1 Å². The van der Waals surface area contributed by atoms with Crippen LogP contribution in [0.25, 0.3) is 0 Å². The molecule has 5 heteroatoms. The van der Waals surface area contributed by atoms with Crippen LogP contribution in [0.5, 0.6) is 17.2 Å². The minimum absolute atomic E-state index is 0.166. The molecule has 0 aliphatic rings. The molecule has 1 aromatic carbocycles. The first-order valence-electron chi connectivity index (χ1n) is 5.29. The van der Waals surface area contributed by atoms with Gasteiger partial charge in [0.15, 0.2) is 11.5 Å². The lowest BCUT2D eigenvalue weighted by Crippen LogP contribution is -2.11. The van der Waals surface area contributed by atoms with Crippen LogP contribution in [0.3, 0.4) is 0 Å². The van der Waals surface area contributed by atoms with Crippen molar-refractivity contribution >= 4 is 15.9 Å². The molecule has 0 aliphatic heterocycles. The number of halogens is 1. The first-order chi connectivity index (χ1) is 8.10. The second-order valence-corrected chi connectivity index (χ2v) is 4.47.